The minimum absolute atomic E-state index is 0.0816. The van der Waals surface area contributed by atoms with Crippen LogP contribution >= 0.6 is 15.9 Å². The van der Waals surface area contributed by atoms with Crippen LogP contribution in [0.5, 0.6) is 0 Å². The molecule has 6 heteroatoms. The van der Waals surface area contributed by atoms with Crippen molar-refractivity contribution >= 4 is 27.7 Å². The van der Waals surface area contributed by atoms with E-state index in [1.165, 1.54) is 6.07 Å². The second-order valence-electron chi connectivity index (χ2n) is 7.59. The van der Waals surface area contributed by atoms with E-state index >= 15 is 0 Å². The molecule has 0 bridgehead atoms. The lowest BCUT2D eigenvalue weighted by Gasteiger charge is -2.30. The Kier molecular flexibility index (Phi) is 7.42. The van der Waals surface area contributed by atoms with E-state index < -0.39 is 11.9 Å². The zero-order chi connectivity index (χ0) is 20.8. The van der Waals surface area contributed by atoms with Gasteiger partial charge in [-0.15, -0.1) is 0 Å². The fraction of sp³-hybridized carbons (Fsp3) is 0.391. The fourth-order valence-corrected chi connectivity index (χ4v) is 4.16. The van der Waals surface area contributed by atoms with Gasteiger partial charge in [0.1, 0.15) is 11.9 Å². The largest absolute Gasteiger partial charge is 0.352 e. The van der Waals surface area contributed by atoms with E-state index in [1.54, 1.807) is 30.0 Å². The molecule has 29 heavy (non-hydrogen) atoms. The summed E-state index contributed by atoms with van der Waals surface area (Å²) < 4.78 is 15.0. The highest BCUT2D eigenvalue weighted by Gasteiger charge is 2.28. The fourth-order valence-electron chi connectivity index (χ4n) is 3.71. The topological polar surface area (TPSA) is 49.4 Å². The number of hydrogen-bond acceptors (Lipinski definition) is 2. The summed E-state index contributed by atoms with van der Waals surface area (Å²) in [6, 6.07) is 13.4. The third kappa shape index (κ3) is 5.89. The molecule has 2 amide bonds. The third-order valence-corrected chi connectivity index (χ3v) is 5.90. The highest BCUT2D eigenvalue weighted by molar-refractivity contribution is 9.10. The Morgan fingerprint density at radius 3 is 2.59 bits per heavy atom. The molecule has 1 saturated carbocycles. The number of carbonyl (C=O) groups excluding carboxylic acids is 2. The number of rotatable bonds is 7. The number of carbonyl (C=O) groups is 2. The summed E-state index contributed by atoms with van der Waals surface area (Å²) in [6.45, 7) is 2.02. The maximum Gasteiger partial charge on any atom is 0.242 e. The molecule has 4 nitrogen and oxygen atoms in total. The first kappa shape index (κ1) is 21.5. The van der Waals surface area contributed by atoms with Crippen LogP contribution in [0.1, 0.15) is 43.7 Å². The summed E-state index contributed by atoms with van der Waals surface area (Å²) in [7, 11) is 0. The van der Waals surface area contributed by atoms with E-state index in [1.807, 2.05) is 24.3 Å². The van der Waals surface area contributed by atoms with Gasteiger partial charge < -0.3 is 10.2 Å². The maximum absolute atomic E-state index is 14.1. The lowest BCUT2D eigenvalue weighted by atomic mass is 10.1. The predicted molar refractivity (Wildman–Crippen MR) is 115 cm³/mol. The summed E-state index contributed by atoms with van der Waals surface area (Å²) in [6.07, 6.45) is 4.11. The number of benzene rings is 2. The van der Waals surface area contributed by atoms with Gasteiger partial charge in [-0.25, -0.2) is 4.39 Å². The standard InChI is InChI=1S/C23H26BrFN2O2/c1-16(23(29)26-20-10-3-4-11-20)27(15-17-7-6-9-19(24)13-17)22(28)14-18-8-2-5-12-21(18)25/h2,5-9,12-13,16,20H,3-4,10-11,14-15H2,1H3,(H,26,29)/t16-/m0/s1. The van der Waals surface area contributed by atoms with Gasteiger partial charge in [-0.05, 0) is 49.1 Å². The van der Waals surface area contributed by atoms with Gasteiger partial charge in [0.05, 0.1) is 6.42 Å². The van der Waals surface area contributed by atoms with Crippen molar-refractivity contribution in [3.8, 4) is 0 Å². The van der Waals surface area contributed by atoms with Crippen LogP contribution in [-0.2, 0) is 22.6 Å². The van der Waals surface area contributed by atoms with E-state index in [9.17, 15) is 14.0 Å². The Labute approximate surface area is 179 Å². The van der Waals surface area contributed by atoms with Crippen LogP contribution in [0.25, 0.3) is 0 Å². The Hall–Kier alpha value is -2.21. The molecule has 1 atom stereocenters. The van der Waals surface area contributed by atoms with Crippen molar-refractivity contribution in [2.24, 2.45) is 0 Å². The quantitative estimate of drug-likeness (QED) is 0.655. The minimum atomic E-state index is -0.645. The first-order chi connectivity index (χ1) is 13.9. The third-order valence-electron chi connectivity index (χ3n) is 5.41. The SMILES string of the molecule is C[C@@H](C(=O)NC1CCCC1)N(Cc1cccc(Br)c1)C(=O)Cc1ccccc1F. The molecule has 1 N–H and O–H groups in total. The molecule has 154 valence electrons. The van der Waals surface area contributed by atoms with E-state index in [0.29, 0.717) is 5.56 Å². The molecule has 0 unspecified atom stereocenters. The predicted octanol–water partition coefficient (Wildman–Crippen LogP) is 4.61. The highest BCUT2D eigenvalue weighted by Crippen LogP contribution is 2.20. The zero-order valence-corrected chi connectivity index (χ0v) is 18.1. The van der Waals surface area contributed by atoms with Gasteiger partial charge >= 0.3 is 0 Å². The normalized spacial score (nSPS) is 15.1. The lowest BCUT2D eigenvalue weighted by molar-refractivity contribution is -0.140. The smallest absolute Gasteiger partial charge is 0.242 e. The molecule has 0 aliphatic heterocycles. The molecular weight excluding hydrogens is 435 g/mol. The van der Waals surface area contributed by atoms with Crippen LogP contribution in [0.4, 0.5) is 4.39 Å². The molecule has 3 rings (SSSR count). The molecule has 0 radical (unpaired) electrons. The zero-order valence-electron chi connectivity index (χ0n) is 16.5. The van der Waals surface area contributed by atoms with Crippen molar-refractivity contribution in [1.29, 1.82) is 0 Å². The van der Waals surface area contributed by atoms with Crippen LogP contribution in [-0.4, -0.2) is 28.8 Å². The number of halogens is 2. The average Bonchev–Trinajstić information content (AvgIpc) is 3.20. The van der Waals surface area contributed by atoms with Crippen LogP contribution in [0.15, 0.2) is 53.0 Å². The highest BCUT2D eigenvalue weighted by atomic mass is 79.9. The van der Waals surface area contributed by atoms with E-state index in [-0.39, 0.29) is 30.8 Å². The number of amides is 2. The first-order valence-electron chi connectivity index (χ1n) is 10.0. The molecular formula is C23H26BrFN2O2. The Balaban J connectivity index is 1.78. The summed E-state index contributed by atoms with van der Waals surface area (Å²) in [5.41, 5.74) is 1.24. The monoisotopic (exact) mass is 460 g/mol. The molecule has 1 aliphatic rings. The second-order valence-corrected chi connectivity index (χ2v) is 8.50. The number of nitrogens with one attached hydrogen (secondary N) is 1. The molecule has 2 aromatic rings. The van der Waals surface area contributed by atoms with Crippen molar-refractivity contribution in [1.82, 2.24) is 10.2 Å². The van der Waals surface area contributed by atoms with Gasteiger partial charge in [0.2, 0.25) is 11.8 Å². The van der Waals surface area contributed by atoms with Gasteiger partial charge in [-0.2, -0.15) is 0 Å². The summed E-state index contributed by atoms with van der Waals surface area (Å²) in [5.74, 6) is -0.843. The number of nitrogens with zero attached hydrogens (tertiary/aromatic N) is 1. The van der Waals surface area contributed by atoms with Gasteiger partial charge in [0.15, 0.2) is 0 Å². The number of hydrogen-bond donors (Lipinski definition) is 1. The molecule has 1 fully saturated rings. The van der Waals surface area contributed by atoms with E-state index in [0.717, 1.165) is 35.7 Å². The molecule has 2 aromatic carbocycles. The second kappa shape index (κ2) is 10.0. The van der Waals surface area contributed by atoms with Crippen molar-refractivity contribution in [2.45, 2.75) is 57.7 Å². The first-order valence-corrected chi connectivity index (χ1v) is 10.8. The van der Waals surface area contributed by atoms with Gasteiger partial charge in [0.25, 0.3) is 0 Å². The minimum Gasteiger partial charge on any atom is -0.352 e. The van der Waals surface area contributed by atoms with Gasteiger partial charge in [0, 0.05) is 17.1 Å². The summed E-state index contributed by atoms with van der Waals surface area (Å²) in [5, 5.41) is 3.07. The van der Waals surface area contributed by atoms with Gasteiger partial charge in [-0.3, -0.25) is 9.59 Å². The van der Waals surface area contributed by atoms with Gasteiger partial charge in [-0.1, -0.05) is 59.1 Å². The Morgan fingerprint density at radius 1 is 1.17 bits per heavy atom. The molecule has 0 aromatic heterocycles. The van der Waals surface area contributed by atoms with E-state index in [2.05, 4.69) is 21.2 Å². The molecule has 0 spiro atoms. The van der Waals surface area contributed by atoms with Crippen LogP contribution in [0.3, 0.4) is 0 Å². The van der Waals surface area contributed by atoms with Crippen molar-refractivity contribution in [2.75, 3.05) is 0 Å². The molecule has 0 heterocycles. The van der Waals surface area contributed by atoms with Crippen molar-refractivity contribution in [3.05, 3.63) is 69.9 Å². The Bertz CT molecular complexity index is 867. The molecule has 0 saturated heterocycles. The molecule has 1 aliphatic carbocycles. The lowest BCUT2D eigenvalue weighted by Crippen LogP contribution is -2.50. The van der Waals surface area contributed by atoms with Crippen molar-refractivity contribution in [3.63, 3.8) is 0 Å². The van der Waals surface area contributed by atoms with Crippen LogP contribution in [0, 0.1) is 5.82 Å². The Morgan fingerprint density at radius 2 is 1.90 bits per heavy atom. The van der Waals surface area contributed by atoms with Crippen LogP contribution < -0.4 is 5.32 Å². The average molecular weight is 461 g/mol. The van der Waals surface area contributed by atoms with Crippen molar-refractivity contribution < 1.29 is 14.0 Å². The van der Waals surface area contributed by atoms with E-state index in [4.69, 9.17) is 0 Å². The maximum atomic E-state index is 14.1. The van der Waals surface area contributed by atoms with Crippen LogP contribution in [0.2, 0.25) is 0 Å². The summed E-state index contributed by atoms with van der Waals surface area (Å²) >= 11 is 3.44. The summed E-state index contributed by atoms with van der Waals surface area (Å²) in [4.78, 5) is 27.5.